The molecule has 2 aliphatic rings. The SMILES string of the molecule is CCN(CC)C1=NC(=O)C(CC(=O)Nc2cccc(C(=O)OCC(=O)N(C)C3(C#N)CCCCC3)c2)S1. The predicted molar refractivity (Wildman–Crippen MR) is 141 cm³/mol. The van der Waals surface area contributed by atoms with Gasteiger partial charge in [0.1, 0.15) is 10.8 Å². The molecule has 3 rings (SSSR count). The van der Waals surface area contributed by atoms with Crippen LogP contribution in [0.5, 0.6) is 0 Å². The maximum atomic E-state index is 12.6. The van der Waals surface area contributed by atoms with E-state index in [1.165, 1.54) is 28.8 Å². The van der Waals surface area contributed by atoms with Crippen molar-refractivity contribution in [3.05, 3.63) is 29.8 Å². The van der Waals surface area contributed by atoms with Gasteiger partial charge in [0.05, 0.1) is 11.6 Å². The van der Waals surface area contributed by atoms with Crippen molar-refractivity contribution in [3.63, 3.8) is 0 Å². The number of carbonyl (C=O) groups is 4. The van der Waals surface area contributed by atoms with Gasteiger partial charge in [-0.15, -0.1) is 0 Å². The van der Waals surface area contributed by atoms with E-state index in [0.717, 1.165) is 32.4 Å². The van der Waals surface area contributed by atoms with Gasteiger partial charge < -0.3 is 19.9 Å². The number of nitrogens with one attached hydrogen (secondary N) is 1. The zero-order valence-corrected chi connectivity index (χ0v) is 22.3. The highest BCUT2D eigenvalue weighted by molar-refractivity contribution is 8.15. The van der Waals surface area contributed by atoms with E-state index in [9.17, 15) is 24.4 Å². The van der Waals surface area contributed by atoms with Gasteiger partial charge in [0, 0.05) is 32.2 Å². The van der Waals surface area contributed by atoms with E-state index >= 15 is 0 Å². The molecule has 1 heterocycles. The molecule has 1 N–H and O–H groups in total. The fraction of sp³-hybridized carbons (Fsp3) is 0.538. The second-order valence-corrected chi connectivity index (χ2v) is 10.2. The van der Waals surface area contributed by atoms with E-state index in [4.69, 9.17) is 4.74 Å². The minimum absolute atomic E-state index is 0.0477. The molecule has 1 fully saturated rings. The molecule has 1 aromatic rings. The van der Waals surface area contributed by atoms with Crippen LogP contribution in [0.3, 0.4) is 0 Å². The Morgan fingerprint density at radius 2 is 1.92 bits per heavy atom. The van der Waals surface area contributed by atoms with Crippen LogP contribution in [0.15, 0.2) is 29.3 Å². The molecular weight excluding hydrogens is 494 g/mol. The zero-order valence-electron chi connectivity index (χ0n) is 21.5. The Hall–Kier alpha value is -3.39. The summed E-state index contributed by atoms with van der Waals surface area (Å²) in [6.45, 7) is 4.91. The normalized spacial score (nSPS) is 18.4. The second-order valence-electron chi connectivity index (χ2n) is 9.08. The number of aliphatic imine (C=N–C) groups is 1. The molecule has 0 aromatic heterocycles. The van der Waals surface area contributed by atoms with E-state index in [2.05, 4.69) is 16.4 Å². The van der Waals surface area contributed by atoms with Gasteiger partial charge in [-0.1, -0.05) is 37.1 Å². The number of esters is 1. The largest absolute Gasteiger partial charge is 0.452 e. The quantitative estimate of drug-likeness (QED) is 0.484. The number of ether oxygens (including phenoxy) is 1. The molecule has 3 amide bonds. The van der Waals surface area contributed by atoms with Crippen LogP contribution < -0.4 is 5.32 Å². The summed E-state index contributed by atoms with van der Waals surface area (Å²) in [6.07, 6.45) is 3.95. The van der Waals surface area contributed by atoms with Crippen molar-refractivity contribution in [2.24, 2.45) is 4.99 Å². The molecule has 1 aliphatic heterocycles. The zero-order chi connectivity index (χ0) is 27.0. The molecule has 11 heteroatoms. The fourth-order valence-corrected chi connectivity index (χ4v) is 5.64. The fourth-order valence-electron chi connectivity index (χ4n) is 4.45. The third-order valence-corrected chi connectivity index (χ3v) is 7.96. The summed E-state index contributed by atoms with van der Waals surface area (Å²) < 4.78 is 5.21. The first-order valence-electron chi connectivity index (χ1n) is 12.5. The van der Waals surface area contributed by atoms with E-state index in [1.54, 1.807) is 19.2 Å². The van der Waals surface area contributed by atoms with E-state index in [0.29, 0.717) is 23.7 Å². The lowest BCUT2D eigenvalue weighted by atomic mass is 9.81. The number of benzene rings is 1. The molecule has 0 saturated heterocycles. The predicted octanol–water partition coefficient (Wildman–Crippen LogP) is 3.20. The van der Waals surface area contributed by atoms with Crippen LogP contribution in [-0.2, 0) is 19.1 Å². The highest BCUT2D eigenvalue weighted by atomic mass is 32.2. The number of amidine groups is 1. The number of nitrogens with zero attached hydrogens (tertiary/aromatic N) is 4. The smallest absolute Gasteiger partial charge is 0.338 e. The maximum Gasteiger partial charge on any atom is 0.338 e. The summed E-state index contributed by atoms with van der Waals surface area (Å²) in [4.78, 5) is 57.5. The molecule has 10 nitrogen and oxygen atoms in total. The number of hydrogen-bond donors (Lipinski definition) is 1. The van der Waals surface area contributed by atoms with E-state index < -0.39 is 29.3 Å². The molecule has 0 radical (unpaired) electrons. The summed E-state index contributed by atoms with van der Waals surface area (Å²) >= 11 is 1.28. The van der Waals surface area contributed by atoms with Gasteiger partial charge in [-0.2, -0.15) is 10.3 Å². The summed E-state index contributed by atoms with van der Waals surface area (Å²) in [6, 6.07) is 8.46. The number of amides is 3. The molecule has 198 valence electrons. The summed E-state index contributed by atoms with van der Waals surface area (Å²) in [7, 11) is 1.57. The Labute approximate surface area is 221 Å². The van der Waals surface area contributed by atoms with Crippen molar-refractivity contribution in [2.75, 3.05) is 32.1 Å². The molecule has 0 spiro atoms. The molecule has 1 saturated carbocycles. The minimum atomic E-state index is -0.859. The molecular formula is C26H33N5O5S. The Bertz CT molecular complexity index is 1100. The van der Waals surface area contributed by atoms with Crippen molar-refractivity contribution in [2.45, 2.75) is 63.2 Å². The van der Waals surface area contributed by atoms with Crippen molar-refractivity contribution < 1.29 is 23.9 Å². The molecule has 1 aliphatic carbocycles. The van der Waals surface area contributed by atoms with Gasteiger partial charge in [-0.05, 0) is 44.9 Å². The van der Waals surface area contributed by atoms with Crippen molar-refractivity contribution in [1.82, 2.24) is 9.80 Å². The third-order valence-electron chi connectivity index (χ3n) is 6.75. The topological polar surface area (TPSA) is 132 Å². The van der Waals surface area contributed by atoms with Crippen LogP contribution in [0.4, 0.5) is 5.69 Å². The first-order valence-corrected chi connectivity index (χ1v) is 13.4. The summed E-state index contributed by atoms with van der Waals surface area (Å²) in [5.41, 5.74) is -0.324. The standard InChI is InChI=1S/C26H33N5O5S/c1-4-31(5-2)25-29-23(34)20(37-25)15-21(32)28-19-11-9-10-18(14-19)24(35)36-16-22(33)30(3)26(17-27)12-7-6-8-13-26/h9-11,14,20H,4-8,12-13,15-16H2,1-3H3,(H,28,32). The average Bonchev–Trinajstić information content (AvgIpc) is 3.26. The third kappa shape index (κ3) is 6.89. The van der Waals surface area contributed by atoms with Crippen molar-refractivity contribution in [1.29, 1.82) is 5.26 Å². The van der Waals surface area contributed by atoms with Gasteiger partial charge in [-0.25, -0.2) is 4.79 Å². The number of anilines is 1. The number of likely N-dealkylation sites (N-methyl/N-ethyl adjacent to an activating group) is 1. The first kappa shape index (κ1) is 28.2. The highest BCUT2D eigenvalue weighted by Crippen LogP contribution is 2.32. The Kier molecular flexibility index (Phi) is 9.69. The van der Waals surface area contributed by atoms with Crippen molar-refractivity contribution >= 4 is 46.3 Å². The highest BCUT2D eigenvalue weighted by Gasteiger charge is 2.39. The first-order chi connectivity index (χ1) is 17.7. The number of rotatable bonds is 9. The van der Waals surface area contributed by atoms with E-state index in [1.807, 2.05) is 18.7 Å². The van der Waals surface area contributed by atoms with Crippen LogP contribution in [0.25, 0.3) is 0 Å². The van der Waals surface area contributed by atoms with Gasteiger partial charge in [0.25, 0.3) is 11.8 Å². The molecule has 37 heavy (non-hydrogen) atoms. The molecule has 0 bridgehead atoms. The van der Waals surface area contributed by atoms with Crippen LogP contribution >= 0.6 is 11.8 Å². The molecule has 1 aromatic carbocycles. The van der Waals surface area contributed by atoms with Gasteiger partial charge in [0.15, 0.2) is 11.8 Å². The lowest BCUT2D eigenvalue weighted by Gasteiger charge is -2.38. The molecule has 1 atom stereocenters. The number of thioether (sulfide) groups is 1. The Morgan fingerprint density at radius 1 is 1.22 bits per heavy atom. The number of hydrogen-bond acceptors (Lipinski definition) is 8. The summed E-state index contributed by atoms with van der Waals surface area (Å²) in [5, 5.41) is 12.4. The van der Waals surface area contributed by atoms with Crippen LogP contribution in [-0.4, -0.2) is 76.2 Å². The van der Waals surface area contributed by atoms with Crippen LogP contribution in [0, 0.1) is 11.3 Å². The Balaban J connectivity index is 1.53. The van der Waals surface area contributed by atoms with E-state index in [-0.39, 0.29) is 23.8 Å². The second kappa shape index (κ2) is 12.7. The minimum Gasteiger partial charge on any atom is -0.452 e. The lowest BCUT2D eigenvalue weighted by molar-refractivity contribution is -0.138. The molecule has 1 unspecified atom stereocenters. The number of nitriles is 1. The summed E-state index contributed by atoms with van der Waals surface area (Å²) in [5.74, 6) is -1.86. The van der Waals surface area contributed by atoms with Gasteiger partial charge in [-0.3, -0.25) is 14.4 Å². The average molecular weight is 528 g/mol. The monoisotopic (exact) mass is 527 g/mol. The van der Waals surface area contributed by atoms with Crippen LogP contribution in [0.1, 0.15) is 62.7 Å². The lowest BCUT2D eigenvalue weighted by Crippen LogP contribution is -2.51. The number of carbonyl (C=O) groups excluding carboxylic acids is 4. The van der Waals surface area contributed by atoms with Gasteiger partial charge >= 0.3 is 5.97 Å². The maximum absolute atomic E-state index is 12.6. The van der Waals surface area contributed by atoms with Crippen LogP contribution in [0.2, 0.25) is 0 Å². The van der Waals surface area contributed by atoms with Crippen molar-refractivity contribution in [3.8, 4) is 6.07 Å². The van der Waals surface area contributed by atoms with Gasteiger partial charge in [0.2, 0.25) is 5.91 Å². The Morgan fingerprint density at radius 3 is 2.57 bits per heavy atom.